The van der Waals surface area contributed by atoms with E-state index >= 15 is 0 Å². The van der Waals surface area contributed by atoms with Crippen LogP contribution in [0.15, 0.2) is 17.1 Å². The molecule has 1 atom stereocenters. The first-order chi connectivity index (χ1) is 12.6. The number of aromatic nitrogens is 4. The Hall–Kier alpha value is -2.15. The van der Waals surface area contributed by atoms with Crippen molar-refractivity contribution in [3.05, 3.63) is 39.6 Å². The number of aryl methyl sites for hydroxylation is 2. The summed E-state index contributed by atoms with van der Waals surface area (Å²) in [6, 6.07) is 1.70. The molecule has 26 heavy (non-hydrogen) atoms. The number of aromatic amines is 1. The van der Waals surface area contributed by atoms with Crippen LogP contribution in [0.2, 0.25) is 0 Å². The van der Waals surface area contributed by atoms with E-state index in [4.69, 9.17) is 4.98 Å². The molecule has 4 rings (SSSR count). The van der Waals surface area contributed by atoms with Crippen molar-refractivity contribution < 1.29 is 0 Å². The molecular formula is C19H28N6O. The molecule has 2 saturated heterocycles. The van der Waals surface area contributed by atoms with Crippen molar-refractivity contribution in [2.45, 2.75) is 45.1 Å². The Labute approximate surface area is 154 Å². The van der Waals surface area contributed by atoms with E-state index in [2.05, 4.69) is 33.0 Å². The van der Waals surface area contributed by atoms with Gasteiger partial charge in [-0.1, -0.05) is 0 Å². The molecule has 0 aromatic carbocycles. The SMILES string of the molecule is Cc1nn(C)cc1CN1CCCC(c2cc(=O)[nH]c(N3CCCC3)n2)C1. The third kappa shape index (κ3) is 3.67. The van der Waals surface area contributed by atoms with Gasteiger partial charge >= 0.3 is 0 Å². The summed E-state index contributed by atoms with van der Waals surface area (Å²) in [6.45, 7) is 7.00. The number of nitrogens with zero attached hydrogens (tertiary/aromatic N) is 5. The van der Waals surface area contributed by atoms with Crippen LogP contribution in [0.4, 0.5) is 5.95 Å². The van der Waals surface area contributed by atoms with E-state index in [0.717, 1.165) is 62.9 Å². The molecule has 0 spiro atoms. The fourth-order valence-corrected chi connectivity index (χ4v) is 4.24. The first-order valence-corrected chi connectivity index (χ1v) is 9.66. The summed E-state index contributed by atoms with van der Waals surface area (Å²) in [6.07, 6.45) is 6.69. The Morgan fingerprint density at radius 1 is 1.23 bits per heavy atom. The van der Waals surface area contributed by atoms with Crippen LogP contribution in [0.1, 0.15) is 48.6 Å². The normalized spacial score (nSPS) is 21.5. The molecule has 0 amide bonds. The van der Waals surface area contributed by atoms with Crippen molar-refractivity contribution in [3.8, 4) is 0 Å². The van der Waals surface area contributed by atoms with Crippen LogP contribution in [0.5, 0.6) is 0 Å². The summed E-state index contributed by atoms with van der Waals surface area (Å²) in [5.41, 5.74) is 3.30. The van der Waals surface area contributed by atoms with Gasteiger partial charge in [-0.2, -0.15) is 5.10 Å². The number of likely N-dealkylation sites (tertiary alicyclic amines) is 1. The average molecular weight is 356 g/mol. The van der Waals surface area contributed by atoms with Gasteiger partial charge in [-0.25, -0.2) is 4.98 Å². The van der Waals surface area contributed by atoms with E-state index in [1.165, 1.54) is 18.4 Å². The molecule has 0 radical (unpaired) electrons. The maximum Gasteiger partial charge on any atom is 0.252 e. The van der Waals surface area contributed by atoms with Gasteiger partial charge in [0.15, 0.2) is 0 Å². The van der Waals surface area contributed by atoms with E-state index < -0.39 is 0 Å². The van der Waals surface area contributed by atoms with Crippen molar-refractivity contribution in [3.63, 3.8) is 0 Å². The Bertz CT molecular complexity index is 820. The molecule has 0 bridgehead atoms. The minimum absolute atomic E-state index is 0.0304. The number of piperidine rings is 1. The van der Waals surface area contributed by atoms with Crippen molar-refractivity contribution in [1.82, 2.24) is 24.6 Å². The Balaban J connectivity index is 1.50. The highest BCUT2D eigenvalue weighted by Crippen LogP contribution is 2.27. The molecule has 4 heterocycles. The van der Waals surface area contributed by atoms with Gasteiger partial charge in [0.2, 0.25) is 5.95 Å². The maximum atomic E-state index is 12.2. The number of H-pyrrole nitrogens is 1. The number of hydrogen-bond donors (Lipinski definition) is 1. The van der Waals surface area contributed by atoms with Gasteiger partial charge < -0.3 is 4.90 Å². The molecule has 2 aliphatic heterocycles. The predicted molar refractivity (Wildman–Crippen MR) is 102 cm³/mol. The molecule has 7 nitrogen and oxygen atoms in total. The molecule has 0 saturated carbocycles. The summed E-state index contributed by atoms with van der Waals surface area (Å²) >= 11 is 0. The predicted octanol–water partition coefficient (Wildman–Crippen LogP) is 1.79. The topological polar surface area (TPSA) is 70.1 Å². The van der Waals surface area contributed by atoms with E-state index in [9.17, 15) is 4.79 Å². The summed E-state index contributed by atoms with van der Waals surface area (Å²) in [5, 5.41) is 4.45. The van der Waals surface area contributed by atoms with Crippen molar-refractivity contribution >= 4 is 5.95 Å². The highest BCUT2D eigenvalue weighted by molar-refractivity contribution is 5.32. The Morgan fingerprint density at radius 3 is 2.77 bits per heavy atom. The maximum absolute atomic E-state index is 12.2. The standard InChI is InChI=1S/C19H28N6O/c1-14-16(11-23(2)22-14)13-24-7-5-6-15(12-24)17-10-18(26)21-19(20-17)25-8-3-4-9-25/h10-11,15H,3-9,12-13H2,1-2H3,(H,20,21,26). The molecular weight excluding hydrogens is 328 g/mol. The first-order valence-electron chi connectivity index (χ1n) is 9.66. The van der Waals surface area contributed by atoms with Crippen LogP contribution in [0.3, 0.4) is 0 Å². The molecule has 7 heteroatoms. The third-order valence-electron chi connectivity index (χ3n) is 5.59. The third-order valence-corrected chi connectivity index (χ3v) is 5.59. The average Bonchev–Trinajstić information content (AvgIpc) is 3.25. The second-order valence-corrected chi connectivity index (χ2v) is 7.68. The number of anilines is 1. The summed E-state index contributed by atoms with van der Waals surface area (Å²) in [5.74, 6) is 1.08. The molecule has 2 aromatic heterocycles. The van der Waals surface area contributed by atoms with Crippen LogP contribution in [0.25, 0.3) is 0 Å². The van der Waals surface area contributed by atoms with Crippen LogP contribution in [-0.4, -0.2) is 50.8 Å². The molecule has 2 fully saturated rings. The summed E-state index contributed by atoms with van der Waals surface area (Å²) in [4.78, 5) is 24.6. The number of hydrogen-bond acceptors (Lipinski definition) is 5. The molecule has 2 aromatic rings. The molecule has 0 aliphatic carbocycles. The number of rotatable bonds is 4. The lowest BCUT2D eigenvalue weighted by molar-refractivity contribution is 0.198. The monoisotopic (exact) mass is 356 g/mol. The van der Waals surface area contributed by atoms with Gasteiger partial charge in [-0.15, -0.1) is 0 Å². The van der Waals surface area contributed by atoms with Gasteiger partial charge in [-0.3, -0.25) is 19.4 Å². The Kier molecular flexibility index (Phi) is 4.80. The fourth-order valence-electron chi connectivity index (χ4n) is 4.24. The molecule has 2 aliphatic rings. The zero-order valence-electron chi connectivity index (χ0n) is 15.7. The second-order valence-electron chi connectivity index (χ2n) is 7.68. The van der Waals surface area contributed by atoms with Crippen molar-refractivity contribution in [2.75, 3.05) is 31.1 Å². The lowest BCUT2D eigenvalue weighted by atomic mass is 9.94. The van der Waals surface area contributed by atoms with E-state index in [1.807, 2.05) is 11.7 Å². The van der Waals surface area contributed by atoms with Gasteiger partial charge in [0.05, 0.1) is 11.4 Å². The number of nitrogens with one attached hydrogen (secondary N) is 1. The van der Waals surface area contributed by atoms with E-state index in [-0.39, 0.29) is 5.56 Å². The van der Waals surface area contributed by atoms with E-state index in [1.54, 1.807) is 6.07 Å². The van der Waals surface area contributed by atoms with Crippen LogP contribution < -0.4 is 10.5 Å². The lowest BCUT2D eigenvalue weighted by Gasteiger charge is -2.32. The lowest BCUT2D eigenvalue weighted by Crippen LogP contribution is -2.35. The zero-order chi connectivity index (χ0) is 18.1. The first kappa shape index (κ1) is 17.3. The van der Waals surface area contributed by atoms with Gasteiger partial charge in [0.1, 0.15) is 0 Å². The smallest absolute Gasteiger partial charge is 0.252 e. The van der Waals surface area contributed by atoms with Gasteiger partial charge in [0, 0.05) is 57.0 Å². The van der Waals surface area contributed by atoms with Crippen LogP contribution in [-0.2, 0) is 13.6 Å². The second kappa shape index (κ2) is 7.23. The van der Waals surface area contributed by atoms with Crippen molar-refractivity contribution in [2.24, 2.45) is 7.05 Å². The summed E-state index contributed by atoms with van der Waals surface area (Å²) < 4.78 is 1.88. The van der Waals surface area contributed by atoms with Crippen molar-refractivity contribution in [1.29, 1.82) is 0 Å². The minimum Gasteiger partial charge on any atom is -0.342 e. The van der Waals surface area contributed by atoms with Gasteiger partial charge in [0.25, 0.3) is 5.56 Å². The Morgan fingerprint density at radius 2 is 2.04 bits per heavy atom. The summed E-state index contributed by atoms with van der Waals surface area (Å²) in [7, 11) is 1.97. The largest absolute Gasteiger partial charge is 0.342 e. The quantitative estimate of drug-likeness (QED) is 0.904. The molecule has 140 valence electrons. The molecule has 1 unspecified atom stereocenters. The van der Waals surface area contributed by atoms with E-state index in [0.29, 0.717) is 5.92 Å². The molecule has 1 N–H and O–H groups in total. The highest BCUT2D eigenvalue weighted by Gasteiger charge is 2.25. The fraction of sp³-hybridized carbons (Fsp3) is 0.632. The highest BCUT2D eigenvalue weighted by atomic mass is 16.1. The minimum atomic E-state index is -0.0304. The zero-order valence-corrected chi connectivity index (χ0v) is 15.7. The van der Waals surface area contributed by atoms with Crippen LogP contribution >= 0.6 is 0 Å². The van der Waals surface area contributed by atoms with Gasteiger partial charge in [-0.05, 0) is 39.2 Å². The van der Waals surface area contributed by atoms with Crippen LogP contribution in [0, 0.1) is 6.92 Å².